The SMILES string of the molecule is Cc1cc(CNC(=O)c2nc3n(c(=O)c2O)CC2(COC(=O)C(=O)N(C)C)CCC3(NC(=O)C(=O)N(C)C)CC2)ccc1F. The maximum Gasteiger partial charge on any atom is 0.397 e. The average molecular weight is 615 g/mol. The average Bonchev–Trinajstić information content (AvgIpc) is 3.20. The van der Waals surface area contributed by atoms with E-state index in [4.69, 9.17) is 4.74 Å². The molecule has 1 aromatic heterocycles. The first kappa shape index (κ1) is 32.1. The molecule has 0 unspecified atom stereocenters. The van der Waals surface area contributed by atoms with E-state index in [9.17, 15) is 38.3 Å². The van der Waals surface area contributed by atoms with Crippen LogP contribution < -0.4 is 16.2 Å². The molecule has 14 nitrogen and oxygen atoms in total. The number of hydrogen-bond donors (Lipinski definition) is 3. The molecule has 0 radical (unpaired) electrons. The predicted octanol–water partition coefficient (Wildman–Crippen LogP) is -0.0685. The highest BCUT2D eigenvalue weighted by atomic mass is 19.1. The Morgan fingerprint density at radius 3 is 2.27 bits per heavy atom. The van der Waals surface area contributed by atoms with Gasteiger partial charge in [-0.15, -0.1) is 0 Å². The van der Waals surface area contributed by atoms with Gasteiger partial charge in [0.2, 0.25) is 5.75 Å². The first-order valence-corrected chi connectivity index (χ1v) is 13.9. The van der Waals surface area contributed by atoms with Crippen molar-refractivity contribution >= 4 is 29.6 Å². The van der Waals surface area contributed by atoms with Gasteiger partial charge in [0.1, 0.15) is 11.6 Å². The lowest BCUT2D eigenvalue weighted by molar-refractivity contribution is -0.162. The van der Waals surface area contributed by atoms with Crippen molar-refractivity contribution in [2.45, 2.75) is 51.2 Å². The van der Waals surface area contributed by atoms with E-state index in [1.807, 2.05) is 0 Å². The van der Waals surface area contributed by atoms with Crippen molar-refractivity contribution in [1.29, 1.82) is 0 Å². The molecule has 1 aliphatic carbocycles. The van der Waals surface area contributed by atoms with Gasteiger partial charge in [0, 0.05) is 46.7 Å². The van der Waals surface area contributed by atoms with Gasteiger partial charge in [0.15, 0.2) is 5.69 Å². The molecule has 1 fully saturated rings. The smallest absolute Gasteiger partial charge is 0.397 e. The van der Waals surface area contributed by atoms with Crippen LogP contribution in [0.1, 0.15) is 53.1 Å². The van der Waals surface area contributed by atoms with Gasteiger partial charge in [-0.25, -0.2) is 14.2 Å². The molecule has 3 heterocycles. The van der Waals surface area contributed by atoms with E-state index in [2.05, 4.69) is 15.6 Å². The lowest BCUT2D eigenvalue weighted by atomic mass is 9.68. The van der Waals surface area contributed by atoms with Gasteiger partial charge in [-0.2, -0.15) is 0 Å². The summed E-state index contributed by atoms with van der Waals surface area (Å²) in [6.07, 6.45) is 0.848. The molecule has 1 saturated carbocycles. The van der Waals surface area contributed by atoms with Crippen LogP contribution in [-0.2, 0) is 42.5 Å². The van der Waals surface area contributed by atoms with Crippen LogP contribution in [0.25, 0.3) is 0 Å². The highest BCUT2D eigenvalue weighted by Gasteiger charge is 2.52. The molecule has 5 rings (SSSR count). The van der Waals surface area contributed by atoms with Crippen molar-refractivity contribution < 1.29 is 38.2 Å². The number of hydrogen-bond acceptors (Lipinski definition) is 9. The quantitative estimate of drug-likeness (QED) is 0.297. The summed E-state index contributed by atoms with van der Waals surface area (Å²) in [5.74, 6) is -6.03. The monoisotopic (exact) mass is 614 g/mol. The Morgan fingerprint density at radius 1 is 1.05 bits per heavy atom. The largest absolute Gasteiger partial charge is 0.501 e. The number of nitrogens with one attached hydrogen (secondary N) is 2. The van der Waals surface area contributed by atoms with Gasteiger partial charge in [0.25, 0.3) is 11.5 Å². The van der Waals surface area contributed by atoms with E-state index in [1.165, 1.54) is 46.4 Å². The zero-order valence-electron chi connectivity index (χ0n) is 25.2. The van der Waals surface area contributed by atoms with E-state index in [0.29, 0.717) is 11.1 Å². The fourth-order valence-electron chi connectivity index (χ4n) is 5.53. The van der Waals surface area contributed by atoms with Crippen LogP contribution in [0.15, 0.2) is 23.0 Å². The molecule has 2 aromatic rings. The molecule has 15 heteroatoms. The highest BCUT2D eigenvalue weighted by molar-refractivity contribution is 6.35. The van der Waals surface area contributed by atoms with Gasteiger partial charge in [-0.3, -0.25) is 28.5 Å². The number of esters is 1. The molecule has 0 spiro atoms. The van der Waals surface area contributed by atoms with Crippen molar-refractivity contribution in [1.82, 2.24) is 30.0 Å². The third-order valence-corrected chi connectivity index (χ3v) is 8.17. The van der Waals surface area contributed by atoms with Crippen molar-refractivity contribution in [3.05, 3.63) is 57.0 Å². The minimum absolute atomic E-state index is 0.0435. The molecule has 236 valence electrons. The second-order valence-corrected chi connectivity index (χ2v) is 11.8. The predicted molar refractivity (Wildman–Crippen MR) is 152 cm³/mol. The van der Waals surface area contributed by atoms with Gasteiger partial charge < -0.3 is 30.3 Å². The number of nitrogens with zero attached hydrogens (tertiary/aromatic N) is 4. The van der Waals surface area contributed by atoms with Gasteiger partial charge in [0.05, 0.1) is 12.1 Å². The van der Waals surface area contributed by atoms with Gasteiger partial charge >= 0.3 is 23.7 Å². The number of carbonyl (C=O) groups is 5. The molecule has 44 heavy (non-hydrogen) atoms. The number of halogens is 1. The molecule has 2 aliphatic heterocycles. The lowest BCUT2D eigenvalue weighted by Gasteiger charge is -2.41. The number of carbonyl (C=O) groups excluding carboxylic acids is 5. The summed E-state index contributed by atoms with van der Waals surface area (Å²) in [6, 6.07) is 4.27. The Labute approximate surface area is 252 Å². The van der Waals surface area contributed by atoms with Crippen LogP contribution in [0.2, 0.25) is 0 Å². The number of fused-ring (bicyclic) bond motifs is 2. The second-order valence-electron chi connectivity index (χ2n) is 11.8. The number of aryl methyl sites for hydroxylation is 1. The minimum Gasteiger partial charge on any atom is -0.501 e. The number of amides is 4. The number of aromatic hydroxyl groups is 1. The Morgan fingerprint density at radius 2 is 1.68 bits per heavy atom. The summed E-state index contributed by atoms with van der Waals surface area (Å²) in [4.78, 5) is 83.3. The first-order valence-electron chi connectivity index (χ1n) is 13.9. The molecule has 1 aromatic carbocycles. The lowest BCUT2D eigenvalue weighted by Crippen LogP contribution is -2.54. The van der Waals surface area contributed by atoms with Crippen molar-refractivity contribution in [3.63, 3.8) is 0 Å². The van der Waals surface area contributed by atoms with E-state index in [-0.39, 0.29) is 51.2 Å². The second kappa shape index (κ2) is 12.1. The molecule has 3 aliphatic rings. The first-order chi connectivity index (χ1) is 20.6. The fourth-order valence-corrected chi connectivity index (χ4v) is 5.53. The Bertz CT molecular complexity index is 1590. The summed E-state index contributed by atoms with van der Waals surface area (Å²) < 4.78 is 20.1. The molecule has 3 N–H and O–H groups in total. The van der Waals surface area contributed by atoms with Crippen LogP contribution in [0, 0.1) is 18.2 Å². The third kappa shape index (κ3) is 6.12. The third-order valence-electron chi connectivity index (χ3n) is 8.17. The van der Waals surface area contributed by atoms with E-state index < -0.39 is 63.4 Å². The van der Waals surface area contributed by atoms with Gasteiger partial charge in [-0.05, 0) is 49.8 Å². The van der Waals surface area contributed by atoms with E-state index >= 15 is 0 Å². The number of aromatic nitrogens is 2. The zero-order valence-corrected chi connectivity index (χ0v) is 25.2. The highest BCUT2D eigenvalue weighted by Crippen LogP contribution is 2.49. The molecule has 0 atom stereocenters. The Hall–Kier alpha value is -4.82. The van der Waals surface area contributed by atoms with Crippen molar-refractivity contribution in [2.75, 3.05) is 34.8 Å². The summed E-state index contributed by atoms with van der Waals surface area (Å²) in [5, 5.41) is 16.2. The standard InChI is InChI=1S/C29H35FN6O8/c1-16-12-17(6-7-18(16)30)13-31-21(38)19-20(37)23(40)36-14-28(15-44-26(43)25(42)35(4)5)8-10-29(11-9-28,27(36)32-19)33-22(39)24(41)34(2)3/h6-7,12,37H,8-11,13-15H2,1-5H3,(H,31,38)(H,33,39). The summed E-state index contributed by atoms with van der Waals surface area (Å²) in [5.41, 5.74) is -2.89. The number of likely N-dealkylation sites (N-methyl/N-ethyl adjacent to an activating group) is 2. The molecule has 0 saturated heterocycles. The topological polar surface area (TPSA) is 180 Å². The van der Waals surface area contributed by atoms with Crippen molar-refractivity contribution in [3.8, 4) is 5.75 Å². The minimum atomic E-state index is -1.39. The molecular formula is C29H35FN6O8. The molecule has 2 bridgehead atoms. The van der Waals surface area contributed by atoms with Crippen LogP contribution in [0.3, 0.4) is 0 Å². The summed E-state index contributed by atoms with van der Waals surface area (Å²) in [6.45, 7) is 1.16. The summed E-state index contributed by atoms with van der Waals surface area (Å²) in [7, 11) is 5.61. The van der Waals surface area contributed by atoms with Gasteiger partial charge in [-0.1, -0.05) is 12.1 Å². The molecular weight excluding hydrogens is 579 g/mol. The summed E-state index contributed by atoms with van der Waals surface area (Å²) >= 11 is 0. The van der Waals surface area contributed by atoms with Crippen LogP contribution in [0.5, 0.6) is 5.75 Å². The Kier molecular flexibility index (Phi) is 8.79. The normalized spacial score (nSPS) is 20.1. The van der Waals surface area contributed by atoms with Crippen LogP contribution in [0.4, 0.5) is 4.39 Å². The van der Waals surface area contributed by atoms with Crippen LogP contribution in [-0.4, -0.2) is 88.9 Å². The fraction of sp³-hybridized carbons (Fsp3) is 0.483. The van der Waals surface area contributed by atoms with E-state index in [1.54, 1.807) is 6.92 Å². The maximum atomic E-state index is 13.7. The number of benzene rings is 1. The number of ether oxygens (including phenoxy) is 1. The van der Waals surface area contributed by atoms with E-state index in [0.717, 1.165) is 14.4 Å². The zero-order chi connectivity index (χ0) is 32.6. The van der Waals surface area contributed by atoms with Crippen molar-refractivity contribution in [2.24, 2.45) is 5.41 Å². The van der Waals surface area contributed by atoms with Crippen LogP contribution >= 0.6 is 0 Å². The Balaban J connectivity index is 1.73. The number of rotatable bonds is 6. The molecule has 4 amide bonds. The maximum absolute atomic E-state index is 13.7.